The maximum atomic E-state index is 5.79. The Morgan fingerprint density at radius 3 is 2.53 bits per heavy atom. The van der Waals surface area contributed by atoms with Gasteiger partial charge in [0.1, 0.15) is 5.75 Å². The molecule has 2 heteroatoms. The van der Waals surface area contributed by atoms with Crippen LogP contribution in [-0.4, -0.2) is 6.10 Å². The van der Waals surface area contributed by atoms with E-state index in [1.807, 2.05) is 24.3 Å². The second-order valence-corrected chi connectivity index (χ2v) is 5.27. The van der Waals surface area contributed by atoms with Crippen LogP contribution in [-0.2, 0) is 0 Å². The summed E-state index contributed by atoms with van der Waals surface area (Å²) in [6.07, 6.45) is 1.24. The van der Waals surface area contributed by atoms with E-state index in [9.17, 15) is 0 Å². The molecular formula is C13H21NO. The molecule has 0 aliphatic heterocycles. The largest absolute Gasteiger partial charge is 0.491 e. The van der Waals surface area contributed by atoms with Crippen LogP contribution in [0.15, 0.2) is 24.3 Å². The number of nitrogen functional groups attached to an aromatic ring is 1. The first-order valence-corrected chi connectivity index (χ1v) is 5.39. The molecule has 0 aromatic heterocycles. The zero-order valence-electron chi connectivity index (χ0n) is 10.1. The van der Waals surface area contributed by atoms with E-state index in [-0.39, 0.29) is 6.10 Å². The first-order chi connectivity index (χ1) is 6.87. The van der Waals surface area contributed by atoms with Gasteiger partial charge in [0.25, 0.3) is 0 Å². The monoisotopic (exact) mass is 207 g/mol. The van der Waals surface area contributed by atoms with Crippen molar-refractivity contribution in [2.24, 2.45) is 5.41 Å². The number of nitrogens with two attached hydrogens (primary N) is 1. The minimum Gasteiger partial charge on any atom is -0.491 e. The van der Waals surface area contributed by atoms with Gasteiger partial charge < -0.3 is 10.5 Å². The van der Waals surface area contributed by atoms with Gasteiger partial charge >= 0.3 is 0 Å². The van der Waals surface area contributed by atoms with Crippen molar-refractivity contribution >= 4 is 5.69 Å². The molecule has 1 aromatic rings. The summed E-state index contributed by atoms with van der Waals surface area (Å²) in [7, 11) is 0. The van der Waals surface area contributed by atoms with Crippen LogP contribution in [0.4, 0.5) is 5.69 Å². The summed E-state index contributed by atoms with van der Waals surface area (Å²) in [6.45, 7) is 8.74. The Morgan fingerprint density at radius 2 is 2.00 bits per heavy atom. The van der Waals surface area contributed by atoms with Crippen molar-refractivity contribution in [1.29, 1.82) is 0 Å². The van der Waals surface area contributed by atoms with Gasteiger partial charge in [-0.1, -0.05) is 26.8 Å². The highest BCUT2D eigenvalue weighted by atomic mass is 16.5. The van der Waals surface area contributed by atoms with Crippen molar-refractivity contribution in [2.45, 2.75) is 40.2 Å². The van der Waals surface area contributed by atoms with Crippen LogP contribution in [0.1, 0.15) is 34.1 Å². The van der Waals surface area contributed by atoms with Crippen molar-refractivity contribution in [3.8, 4) is 5.75 Å². The van der Waals surface area contributed by atoms with Gasteiger partial charge in [-0.25, -0.2) is 0 Å². The standard InChI is InChI=1S/C13H21NO/c1-10(9-13(2,3)4)15-12-7-5-6-11(14)8-12/h5-8,10H,9,14H2,1-4H3/t10-/m1/s1. The molecule has 1 atom stereocenters. The molecule has 0 bridgehead atoms. The predicted molar refractivity (Wildman–Crippen MR) is 65.0 cm³/mol. The van der Waals surface area contributed by atoms with Gasteiger partial charge in [-0.15, -0.1) is 0 Å². The Morgan fingerprint density at radius 1 is 1.33 bits per heavy atom. The Hall–Kier alpha value is -1.18. The normalized spacial score (nSPS) is 13.6. The smallest absolute Gasteiger partial charge is 0.121 e. The number of rotatable bonds is 3. The van der Waals surface area contributed by atoms with E-state index in [1.165, 1.54) is 0 Å². The summed E-state index contributed by atoms with van der Waals surface area (Å²) in [5.74, 6) is 0.853. The molecule has 0 aliphatic rings. The lowest BCUT2D eigenvalue weighted by atomic mass is 9.90. The average Bonchev–Trinajstić information content (AvgIpc) is 1.99. The highest BCUT2D eigenvalue weighted by Gasteiger charge is 2.16. The molecule has 2 N–H and O–H groups in total. The van der Waals surface area contributed by atoms with Crippen LogP contribution in [0.5, 0.6) is 5.75 Å². The molecule has 1 aromatic carbocycles. The Kier molecular flexibility index (Phi) is 3.61. The molecule has 84 valence electrons. The zero-order valence-corrected chi connectivity index (χ0v) is 10.1. The number of ether oxygens (including phenoxy) is 1. The predicted octanol–water partition coefficient (Wildman–Crippen LogP) is 3.47. The quantitative estimate of drug-likeness (QED) is 0.770. The minimum absolute atomic E-state index is 0.215. The lowest BCUT2D eigenvalue weighted by Gasteiger charge is -2.24. The molecule has 0 saturated carbocycles. The van der Waals surface area contributed by atoms with Gasteiger partial charge in [-0.3, -0.25) is 0 Å². The fraction of sp³-hybridized carbons (Fsp3) is 0.538. The van der Waals surface area contributed by atoms with Gasteiger partial charge in [0.15, 0.2) is 0 Å². The Labute approximate surface area is 92.4 Å². The van der Waals surface area contributed by atoms with Gasteiger partial charge in [-0.2, -0.15) is 0 Å². The maximum Gasteiger partial charge on any atom is 0.121 e. The fourth-order valence-corrected chi connectivity index (χ4v) is 1.72. The lowest BCUT2D eigenvalue weighted by molar-refractivity contribution is 0.160. The molecule has 1 rings (SSSR count). The van der Waals surface area contributed by atoms with Crippen LogP contribution in [0, 0.1) is 5.41 Å². The van der Waals surface area contributed by atoms with Crippen LogP contribution >= 0.6 is 0 Å². The first-order valence-electron chi connectivity index (χ1n) is 5.39. The number of hydrogen-bond donors (Lipinski definition) is 1. The van der Waals surface area contributed by atoms with Crippen LogP contribution in [0.2, 0.25) is 0 Å². The third-order valence-corrected chi connectivity index (χ3v) is 2.10. The van der Waals surface area contributed by atoms with Crippen LogP contribution in [0.25, 0.3) is 0 Å². The van der Waals surface area contributed by atoms with E-state index < -0.39 is 0 Å². The summed E-state index contributed by atoms with van der Waals surface area (Å²) < 4.78 is 5.79. The molecule has 2 nitrogen and oxygen atoms in total. The summed E-state index contributed by atoms with van der Waals surface area (Å²) in [5, 5.41) is 0. The third-order valence-electron chi connectivity index (χ3n) is 2.10. The lowest BCUT2D eigenvalue weighted by Crippen LogP contribution is -2.20. The highest BCUT2D eigenvalue weighted by molar-refractivity contribution is 5.43. The maximum absolute atomic E-state index is 5.79. The van der Waals surface area contributed by atoms with Gasteiger partial charge in [0, 0.05) is 11.8 Å². The molecular weight excluding hydrogens is 186 g/mol. The fourth-order valence-electron chi connectivity index (χ4n) is 1.72. The van der Waals surface area contributed by atoms with Gasteiger partial charge in [0.05, 0.1) is 6.10 Å². The van der Waals surface area contributed by atoms with E-state index in [2.05, 4.69) is 27.7 Å². The average molecular weight is 207 g/mol. The summed E-state index contributed by atoms with van der Waals surface area (Å²) in [5.41, 5.74) is 6.72. The van der Waals surface area contributed by atoms with Gasteiger partial charge in [-0.05, 0) is 30.9 Å². The molecule has 0 aliphatic carbocycles. The Bertz CT molecular complexity index is 315. The molecule has 0 spiro atoms. The second kappa shape index (κ2) is 4.56. The van der Waals surface area contributed by atoms with Crippen molar-refractivity contribution in [3.63, 3.8) is 0 Å². The highest BCUT2D eigenvalue weighted by Crippen LogP contribution is 2.24. The summed E-state index contributed by atoms with van der Waals surface area (Å²) >= 11 is 0. The number of anilines is 1. The second-order valence-electron chi connectivity index (χ2n) is 5.27. The first kappa shape index (κ1) is 11.9. The van der Waals surface area contributed by atoms with Crippen LogP contribution in [0.3, 0.4) is 0 Å². The molecule has 0 amide bonds. The van der Waals surface area contributed by atoms with Crippen molar-refractivity contribution < 1.29 is 4.74 Å². The SMILES string of the molecule is C[C@H](CC(C)(C)C)Oc1cccc(N)c1. The van der Waals surface area contributed by atoms with E-state index in [0.29, 0.717) is 5.41 Å². The molecule has 0 heterocycles. The van der Waals surface area contributed by atoms with Crippen molar-refractivity contribution in [1.82, 2.24) is 0 Å². The third kappa shape index (κ3) is 4.73. The van der Waals surface area contributed by atoms with E-state index in [4.69, 9.17) is 10.5 Å². The number of hydrogen-bond acceptors (Lipinski definition) is 2. The van der Waals surface area contributed by atoms with Crippen LogP contribution < -0.4 is 10.5 Å². The summed E-state index contributed by atoms with van der Waals surface area (Å²) in [4.78, 5) is 0. The molecule has 15 heavy (non-hydrogen) atoms. The Balaban J connectivity index is 2.55. The van der Waals surface area contributed by atoms with E-state index in [0.717, 1.165) is 17.9 Å². The van der Waals surface area contributed by atoms with E-state index in [1.54, 1.807) is 0 Å². The van der Waals surface area contributed by atoms with E-state index >= 15 is 0 Å². The number of benzene rings is 1. The summed E-state index contributed by atoms with van der Waals surface area (Å²) in [6, 6.07) is 7.57. The van der Waals surface area contributed by atoms with Crippen molar-refractivity contribution in [3.05, 3.63) is 24.3 Å². The van der Waals surface area contributed by atoms with Gasteiger partial charge in [0.2, 0.25) is 0 Å². The molecule has 0 unspecified atom stereocenters. The van der Waals surface area contributed by atoms with Crippen molar-refractivity contribution in [2.75, 3.05) is 5.73 Å². The molecule has 0 radical (unpaired) electrons. The molecule has 0 fully saturated rings. The topological polar surface area (TPSA) is 35.2 Å². The molecule has 0 saturated heterocycles. The minimum atomic E-state index is 0.215. The zero-order chi connectivity index (χ0) is 11.5.